The lowest BCUT2D eigenvalue weighted by atomic mass is 10.1. The molecule has 0 bridgehead atoms. The monoisotopic (exact) mass is 329 g/mol. The Hall–Kier alpha value is -2.10. The minimum absolute atomic E-state index is 0.322. The number of para-hydroxylation sites is 1. The van der Waals surface area contributed by atoms with Crippen molar-refractivity contribution in [3.05, 3.63) is 70.5 Å². The van der Waals surface area contributed by atoms with Gasteiger partial charge in [0.1, 0.15) is 10.3 Å². The van der Waals surface area contributed by atoms with Gasteiger partial charge in [0.05, 0.1) is 5.56 Å². The van der Waals surface area contributed by atoms with Gasteiger partial charge in [-0.3, -0.25) is 0 Å². The molecule has 0 aliphatic rings. The van der Waals surface area contributed by atoms with Crippen molar-refractivity contribution in [1.29, 1.82) is 0 Å². The maximum atomic E-state index is 6.30. The van der Waals surface area contributed by atoms with Gasteiger partial charge < -0.3 is 5.32 Å². The number of rotatable bonds is 3. The summed E-state index contributed by atoms with van der Waals surface area (Å²) in [6, 6.07) is 17.5. The highest BCUT2D eigenvalue weighted by molar-refractivity contribution is 6.37. The summed E-state index contributed by atoms with van der Waals surface area (Å²) in [7, 11) is 0. The quantitative estimate of drug-likeness (QED) is 0.644. The molecule has 22 heavy (non-hydrogen) atoms. The summed E-state index contributed by atoms with van der Waals surface area (Å²) in [6.45, 7) is 2.00. The third-order valence-electron chi connectivity index (χ3n) is 3.27. The third kappa shape index (κ3) is 3.06. The van der Waals surface area contributed by atoms with Crippen LogP contribution < -0.4 is 5.32 Å². The Kier molecular flexibility index (Phi) is 4.27. The maximum absolute atomic E-state index is 6.30. The van der Waals surface area contributed by atoms with Crippen molar-refractivity contribution < 1.29 is 0 Å². The fraction of sp³-hybridized carbons (Fsp3) is 0.0588. The summed E-state index contributed by atoms with van der Waals surface area (Å²) >= 11 is 12.6. The Labute approximate surface area is 139 Å². The molecule has 3 nitrogen and oxygen atoms in total. The summed E-state index contributed by atoms with van der Waals surface area (Å²) in [5.74, 6) is 0.379. The van der Waals surface area contributed by atoms with Gasteiger partial charge in [0, 0.05) is 5.69 Å². The Morgan fingerprint density at radius 3 is 2.05 bits per heavy atom. The zero-order chi connectivity index (χ0) is 15.5. The van der Waals surface area contributed by atoms with Crippen LogP contribution in [0, 0.1) is 6.92 Å². The second kappa shape index (κ2) is 6.34. The average molecular weight is 330 g/mol. The van der Waals surface area contributed by atoms with E-state index in [1.54, 1.807) is 0 Å². The second-order valence-electron chi connectivity index (χ2n) is 4.81. The number of hydrogen-bond acceptors (Lipinski definition) is 3. The Balaban J connectivity index is 1.98. The molecule has 1 aromatic heterocycles. The van der Waals surface area contributed by atoms with Crippen LogP contribution in [0.4, 0.5) is 11.6 Å². The molecule has 5 heteroatoms. The number of anilines is 2. The van der Waals surface area contributed by atoms with Crippen LogP contribution >= 0.6 is 23.2 Å². The normalized spacial score (nSPS) is 10.5. The summed E-state index contributed by atoms with van der Waals surface area (Å²) in [6.07, 6.45) is 0. The number of nitrogens with one attached hydrogen (secondary N) is 1. The van der Waals surface area contributed by atoms with Crippen LogP contribution in [0.25, 0.3) is 11.1 Å². The van der Waals surface area contributed by atoms with Crippen molar-refractivity contribution in [3.63, 3.8) is 0 Å². The molecule has 0 saturated heterocycles. The third-order valence-corrected chi connectivity index (χ3v) is 3.82. The van der Waals surface area contributed by atoms with E-state index in [2.05, 4.69) is 15.3 Å². The van der Waals surface area contributed by atoms with Crippen molar-refractivity contribution in [2.45, 2.75) is 6.92 Å². The van der Waals surface area contributed by atoms with Crippen LogP contribution in [0.5, 0.6) is 0 Å². The van der Waals surface area contributed by atoms with E-state index in [-0.39, 0.29) is 0 Å². The minimum Gasteiger partial charge on any atom is -0.324 e. The van der Waals surface area contributed by atoms with Gasteiger partial charge in [-0.25, -0.2) is 9.97 Å². The first kappa shape index (κ1) is 14.8. The van der Waals surface area contributed by atoms with Crippen LogP contribution in [0.15, 0.2) is 54.6 Å². The van der Waals surface area contributed by atoms with Gasteiger partial charge in [-0.15, -0.1) is 0 Å². The van der Waals surface area contributed by atoms with E-state index in [1.807, 2.05) is 61.5 Å². The molecule has 110 valence electrons. The number of aromatic nitrogens is 2. The largest absolute Gasteiger partial charge is 0.324 e. The van der Waals surface area contributed by atoms with Gasteiger partial charge in [-0.2, -0.15) is 0 Å². The molecular weight excluding hydrogens is 317 g/mol. The standard InChI is InChI=1S/C17H13Cl2N3/c1-11-7-5-6-10-13(11)20-17-21-15(18)14(16(19)22-17)12-8-3-2-4-9-12/h2-10H,1H3,(H,20,21,22). The van der Waals surface area contributed by atoms with E-state index in [1.165, 1.54) is 0 Å². The summed E-state index contributed by atoms with van der Waals surface area (Å²) in [5.41, 5.74) is 3.53. The van der Waals surface area contributed by atoms with Crippen LogP contribution in [-0.2, 0) is 0 Å². The van der Waals surface area contributed by atoms with E-state index in [0.29, 0.717) is 21.8 Å². The molecule has 3 aromatic rings. The molecule has 0 aliphatic carbocycles. The predicted octanol–water partition coefficient (Wildman–Crippen LogP) is 5.50. The molecule has 0 radical (unpaired) electrons. The van der Waals surface area contributed by atoms with Crippen LogP contribution in [-0.4, -0.2) is 9.97 Å². The number of aryl methyl sites for hydroxylation is 1. The number of halogens is 2. The lowest BCUT2D eigenvalue weighted by molar-refractivity contribution is 1.16. The summed E-state index contributed by atoms with van der Waals surface area (Å²) < 4.78 is 0. The molecule has 0 fully saturated rings. The van der Waals surface area contributed by atoms with Gasteiger partial charge >= 0.3 is 0 Å². The van der Waals surface area contributed by atoms with E-state index >= 15 is 0 Å². The molecule has 0 saturated carbocycles. The minimum atomic E-state index is 0.322. The zero-order valence-corrected chi connectivity index (χ0v) is 13.4. The zero-order valence-electron chi connectivity index (χ0n) is 11.8. The molecular formula is C17H13Cl2N3. The van der Waals surface area contributed by atoms with E-state index in [4.69, 9.17) is 23.2 Å². The molecule has 0 amide bonds. The van der Waals surface area contributed by atoms with Gasteiger partial charge in [-0.1, -0.05) is 71.7 Å². The van der Waals surface area contributed by atoms with Crippen molar-refractivity contribution >= 4 is 34.8 Å². The SMILES string of the molecule is Cc1ccccc1Nc1nc(Cl)c(-c2ccccc2)c(Cl)n1. The van der Waals surface area contributed by atoms with Crippen LogP contribution in [0.3, 0.4) is 0 Å². The van der Waals surface area contributed by atoms with Crippen molar-refractivity contribution in [2.24, 2.45) is 0 Å². The summed E-state index contributed by atoms with van der Waals surface area (Å²) in [5, 5.41) is 3.78. The van der Waals surface area contributed by atoms with Crippen LogP contribution in [0.2, 0.25) is 10.3 Å². The summed E-state index contributed by atoms with van der Waals surface area (Å²) in [4.78, 5) is 8.61. The van der Waals surface area contributed by atoms with Crippen molar-refractivity contribution in [1.82, 2.24) is 9.97 Å². The lowest BCUT2D eigenvalue weighted by Crippen LogP contribution is -2.00. The fourth-order valence-corrected chi connectivity index (χ4v) is 2.75. The average Bonchev–Trinajstić information content (AvgIpc) is 2.50. The molecule has 0 atom stereocenters. The first-order valence-electron chi connectivity index (χ1n) is 6.76. The van der Waals surface area contributed by atoms with Crippen LogP contribution in [0.1, 0.15) is 5.56 Å². The number of benzene rings is 2. The highest BCUT2D eigenvalue weighted by Crippen LogP contribution is 2.33. The first-order valence-corrected chi connectivity index (χ1v) is 7.52. The fourth-order valence-electron chi connectivity index (χ4n) is 2.14. The van der Waals surface area contributed by atoms with Gasteiger partial charge in [0.15, 0.2) is 0 Å². The van der Waals surface area contributed by atoms with Gasteiger partial charge in [0.2, 0.25) is 5.95 Å². The predicted molar refractivity (Wildman–Crippen MR) is 91.9 cm³/mol. The van der Waals surface area contributed by atoms with Gasteiger partial charge in [0.25, 0.3) is 0 Å². The lowest BCUT2D eigenvalue weighted by Gasteiger charge is -2.11. The molecule has 1 heterocycles. The molecule has 1 N–H and O–H groups in total. The Morgan fingerprint density at radius 2 is 1.41 bits per heavy atom. The van der Waals surface area contributed by atoms with Crippen molar-refractivity contribution in [3.8, 4) is 11.1 Å². The second-order valence-corrected chi connectivity index (χ2v) is 5.53. The molecule has 0 unspecified atom stereocenters. The van der Waals surface area contributed by atoms with E-state index in [9.17, 15) is 0 Å². The molecule has 3 rings (SSSR count). The number of nitrogens with zero attached hydrogens (tertiary/aromatic N) is 2. The van der Waals surface area contributed by atoms with E-state index < -0.39 is 0 Å². The molecule has 2 aromatic carbocycles. The highest BCUT2D eigenvalue weighted by Gasteiger charge is 2.13. The topological polar surface area (TPSA) is 37.8 Å². The first-order chi connectivity index (χ1) is 10.6. The Morgan fingerprint density at radius 1 is 0.818 bits per heavy atom. The van der Waals surface area contributed by atoms with Gasteiger partial charge in [-0.05, 0) is 24.1 Å². The van der Waals surface area contributed by atoms with Crippen molar-refractivity contribution in [2.75, 3.05) is 5.32 Å². The molecule has 0 spiro atoms. The maximum Gasteiger partial charge on any atom is 0.230 e. The number of hydrogen-bond donors (Lipinski definition) is 1. The highest BCUT2D eigenvalue weighted by atomic mass is 35.5. The van der Waals surface area contributed by atoms with E-state index in [0.717, 1.165) is 16.8 Å². The Bertz CT molecular complexity index is 781. The smallest absolute Gasteiger partial charge is 0.230 e. The molecule has 0 aliphatic heterocycles.